The summed E-state index contributed by atoms with van der Waals surface area (Å²) < 4.78 is 11.1. The standard InChI is InChI=1S/C23H17N5O3/c24-11-15-7-17(13-25-12-15)16-2-3-19-18(10-16)23(28-27-19)26-22(29)9-14-1-4-20-21(8-14)31-6-5-30-20/h1-4,7-8,10,12-13H,5-6,9H2,(H2,26,27,28,29). The fourth-order valence-electron chi connectivity index (χ4n) is 3.51. The largest absolute Gasteiger partial charge is 0.486 e. The van der Waals surface area contributed by atoms with Crippen LogP contribution in [-0.2, 0) is 11.2 Å². The number of hydrogen-bond donors (Lipinski definition) is 2. The summed E-state index contributed by atoms with van der Waals surface area (Å²) in [5.41, 5.74) is 3.79. The molecule has 1 aliphatic rings. The summed E-state index contributed by atoms with van der Waals surface area (Å²) in [6.07, 6.45) is 3.39. The zero-order valence-electron chi connectivity index (χ0n) is 16.4. The van der Waals surface area contributed by atoms with E-state index in [4.69, 9.17) is 14.7 Å². The highest BCUT2D eigenvalue weighted by Crippen LogP contribution is 2.31. The van der Waals surface area contributed by atoms with E-state index < -0.39 is 0 Å². The number of hydrogen-bond acceptors (Lipinski definition) is 6. The van der Waals surface area contributed by atoms with E-state index in [0.29, 0.717) is 36.1 Å². The second kappa shape index (κ2) is 7.80. The van der Waals surface area contributed by atoms with Crippen LogP contribution >= 0.6 is 0 Å². The van der Waals surface area contributed by atoms with Gasteiger partial charge in [0.15, 0.2) is 17.3 Å². The monoisotopic (exact) mass is 411 g/mol. The molecule has 8 heteroatoms. The summed E-state index contributed by atoms with van der Waals surface area (Å²) in [6.45, 7) is 1.02. The number of pyridine rings is 1. The summed E-state index contributed by atoms with van der Waals surface area (Å²) in [7, 11) is 0. The van der Waals surface area contributed by atoms with Crippen molar-refractivity contribution in [1.29, 1.82) is 5.26 Å². The van der Waals surface area contributed by atoms with E-state index in [-0.39, 0.29) is 12.3 Å². The lowest BCUT2D eigenvalue weighted by atomic mass is 10.0. The molecule has 0 atom stereocenters. The van der Waals surface area contributed by atoms with Gasteiger partial charge in [-0.05, 0) is 41.5 Å². The maximum atomic E-state index is 12.6. The Hall–Kier alpha value is -4.38. The molecular formula is C23H17N5O3. The van der Waals surface area contributed by atoms with Gasteiger partial charge in [0.25, 0.3) is 0 Å². The van der Waals surface area contributed by atoms with Crippen LogP contribution in [0.5, 0.6) is 11.5 Å². The summed E-state index contributed by atoms with van der Waals surface area (Å²) >= 11 is 0. The molecular weight excluding hydrogens is 394 g/mol. The summed E-state index contributed by atoms with van der Waals surface area (Å²) in [5, 5.41) is 19.9. The van der Waals surface area contributed by atoms with Gasteiger partial charge >= 0.3 is 0 Å². The predicted molar refractivity (Wildman–Crippen MR) is 114 cm³/mol. The van der Waals surface area contributed by atoms with Gasteiger partial charge in [-0.15, -0.1) is 0 Å². The highest BCUT2D eigenvalue weighted by atomic mass is 16.6. The number of aromatic amines is 1. The van der Waals surface area contributed by atoms with Gasteiger partial charge in [-0.2, -0.15) is 10.4 Å². The number of nitriles is 1. The number of fused-ring (bicyclic) bond motifs is 2. The Morgan fingerprint density at radius 2 is 1.94 bits per heavy atom. The Balaban J connectivity index is 1.37. The number of nitrogens with zero attached hydrogens (tertiary/aromatic N) is 3. The molecule has 3 heterocycles. The molecule has 4 aromatic rings. The van der Waals surface area contributed by atoms with Crippen molar-refractivity contribution < 1.29 is 14.3 Å². The number of amides is 1. The lowest BCUT2D eigenvalue weighted by molar-refractivity contribution is -0.115. The van der Waals surface area contributed by atoms with Gasteiger partial charge in [0, 0.05) is 23.3 Å². The van der Waals surface area contributed by atoms with Crippen LogP contribution in [0.2, 0.25) is 0 Å². The topological polar surface area (TPSA) is 113 Å². The third-order valence-electron chi connectivity index (χ3n) is 4.99. The molecule has 0 saturated carbocycles. The molecule has 31 heavy (non-hydrogen) atoms. The molecule has 0 aliphatic carbocycles. The van der Waals surface area contributed by atoms with Crippen LogP contribution in [-0.4, -0.2) is 34.3 Å². The summed E-state index contributed by atoms with van der Waals surface area (Å²) in [4.78, 5) is 16.8. The number of aromatic nitrogens is 3. The molecule has 0 fully saturated rings. The molecule has 0 saturated heterocycles. The average molecular weight is 411 g/mol. The van der Waals surface area contributed by atoms with Crippen molar-refractivity contribution in [2.45, 2.75) is 6.42 Å². The Bertz CT molecular complexity index is 1340. The van der Waals surface area contributed by atoms with Crippen LogP contribution in [0.15, 0.2) is 54.9 Å². The number of H-pyrrole nitrogens is 1. The first kappa shape index (κ1) is 18.6. The van der Waals surface area contributed by atoms with Crippen LogP contribution < -0.4 is 14.8 Å². The van der Waals surface area contributed by atoms with E-state index in [9.17, 15) is 4.79 Å². The van der Waals surface area contributed by atoms with Crippen molar-refractivity contribution in [3.05, 3.63) is 66.0 Å². The molecule has 0 spiro atoms. The number of carbonyl (C=O) groups is 1. The quantitative estimate of drug-likeness (QED) is 0.532. The Kier molecular flexibility index (Phi) is 4.69. The first-order chi connectivity index (χ1) is 15.2. The third kappa shape index (κ3) is 3.76. The maximum Gasteiger partial charge on any atom is 0.230 e. The molecule has 2 aromatic carbocycles. The number of carbonyl (C=O) groups excluding carboxylic acids is 1. The van der Waals surface area contributed by atoms with Gasteiger partial charge < -0.3 is 14.8 Å². The number of anilines is 1. The molecule has 1 aliphatic heterocycles. The highest BCUT2D eigenvalue weighted by Gasteiger charge is 2.15. The molecule has 152 valence electrons. The lowest BCUT2D eigenvalue weighted by Gasteiger charge is -2.18. The van der Waals surface area contributed by atoms with Gasteiger partial charge in [-0.3, -0.25) is 14.9 Å². The Morgan fingerprint density at radius 1 is 1.06 bits per heavy atom. The van der Waals surface area contributed by atoms with Gasteiger partial charge in [0.1, 0.15) is 19.3 Å². The molecule has 5 rings (SSSR count). The minimum Gasteiger partial charge on any atom is -0.486 e. The second-order valence-electron chi connectivity index (χ2n) is 7.11. The van der Waals surface area contributed by atoms with Crippen LogP contribution in [0.3, 0.4) is 0 Å². The van der Waals surface area contributed by atoms with Gasteiger partial charge in [-0.1, -0.05) is 12.1 Å². The van der Waals surface area contributed by atoms with Crippen molar-refractivity contribution in [2.24, 2.45) is 0 Å². The van der Waals surface area contributed by atoms with E-state index >= 15 is 0 Å². The smallest absolute Gasteiger partial charge is 0.230 e. The van der Waals surface area contributed by atoms with E-state index in [1.54, 1.807) is 12.3 Å². The molecule has 1 amide bonds. The molecule has 0 radical (unpaired) electrons. The zero-order chi connectivity index (χ0) is 21.2. The van der Waals surface area contributed by atoms with Crippen molar-refractivity contribution in [1.82, 2.24) is 15.2 Å². The van der Waals surface area contributed by atoms with Gasteiger partial charge in [0.2, 0.25) is 5.91 Å². The van der Waals surface area contributed by atoms with Crippen molar-refractivity contribution in [3.8, 4) is 28.7 Å². The predicted octanol–water partition coefficient (Wildman–Crippen LogP) is 3.45. The Labute approximate surface area is 177 Å². The average Bonchev–Trinajstić information content (AvgIpc) is 3.20. The summed E-state index contributed by atoms with van der Waals surface area (Å²) in [6, 6.07) is 15.1. The molecule has 0 unspecified atom stereocenters. The normalized spacial score (nSPS) is 12.4. The third-order valence-corrected chi connectivity index (χ3v) is 4.99. The number of rotatable bonds is 4. The molecule has 2 N–H and O–H groups in total. The summed E-state index contributed by atoms with van der Waals surface area (Å²) in [5.74, 6) is 1.60. The zero-order valence-corrected chi connectivity index (χ0v) is 16.4. The van der Waals surface area contributed by atoms with E-state index in [1.165, 1.54) is 6.20 Å². The van der Waals surface area contributed by atoms with Crippen LogP contribution in [0.4, 0.5) is 5.82 Å². The first-order valence-electron chi connectivity index (χ1n) is 9.71. The fraction of sp³-hybridized carbons (Fsp3) is 0.130. The molecule has 8 nitrogen and oxygen atoms in total. The minimum atomic E-state index is -0.191. The SMILES string of the molecule is N#Cc1cncc(-c2ccc3[nH]nc(NC(=O)Cc4ccc5c(c4)OCCO5)c3c2)c1. The first-order valence-corrected chi connectivity index (χ1v) is 9.71. The van der Waals surface area contributed by atoms with E-state index in [0.717, 1.165) is 27.6 Å². The van der Waals surface area contributed by atoms with Crippen LogP contribution in [0.25, 0.3) is 22.0 Å². The minimum absolute atomic E-state index is 0.179. The van der Waals surface area contributed by atoms with Gasteiger partial charge in [0.05, 0.1) is 17.5 Å². The number of ether oxygens (including phenoxy) is 2. The molecule has 2 aromatic heterocycles. The van der Waals surface area contributed by atoms with Crippen molar-refractivity contribution in [2.75, 3.05) is 18.5 Å². The highest BCUT2D eigenvalue weighted by molar-refractivity contribution is 6.01. The van der Waals surface area contributed by atoms with Crippen LogP contribution in [0.1, 0.15) is 11.1 Å². The van der Waals surface area contributed by atoms with Crippen molar-refractivity contribution >= 4 is 22.6 Å². The second-order valence-corrected chi connectivity index (χ2v) is 7.11. The van der Waals surface area contributed by atoms with Crippen LogP contribution in [0, 0.1) is 11.3 Å². The van der Waals surface area contributed by atoms with Gasteiger partial charge in [-0.25, -0.2) is 0 Å². The molecule has 0 bridgehead atoms. The van der Waals surface area contributed by atoms with E-state index in [1.807, 2.05) is 36.4 Å². The number of nitrogens with one attached hydrogen (secondary N) is 2. The van der Waals surface area contributed by atoms with E-state index in [2.05, 4.69) is 26.6 Å². The number of benzene rings is 2. The fourth-order valence-corrected chi connectivity index (χ4v) is 3.51. The maximum absolute atomic E-state index is 12.6. The Morgan fingerprint density at radius 3 is 2.81 bits per heavy atom. The van der Waals surface area contributed by atoms with Crippen molar-refractivity contribution in [3.63, 3.8) is 0 Å². The lowest BCUT2D eigenvalue weighted by Crippen LogP contribution is -2.17.